The third-order valence-electron chi connectivity index (χ3n) is 3.92. The number of nitrogens with zero attached hydrogens (tertiary/aromatic N) is 1. The van der Waals surface area contributed by atoms with Crippen LogP contribution in [0.4, 0.5) is 0 Å². The fraction of sp³-hybridized carbons (Fsp3) is 0.467. The fourth-order valence-corrected chi connectivity index (χ4v) is 3.37. The number of amides is 1. The molecule has 1 heterocycles. The summed E-state index contributed by atoms with van der Waals surface area (Å²) in [7, 11) is 0. The Morgan fingerprint density at radius 3 is 2.70 bits per heavy atom. The summed E-state index contributed by atoms with van der Waals surface area (Å²) in [5.74, 6) is -1.40. The molecular formula is C15H18BrNO3. The van der Waals surface area contributed by atoms with E-state index in [0.29, 0.717) is 18.5 Å². The van der Waals surface area contributed by atoms with Gasteiger partial charge < -0.3 is 10.0 Å². The number of carboxylic acids is 1. The van der Waals surface area contributed by atoms with Crippen LogP contribution in [0.1, 0.15) is 35.7 Å². The normalized spacial score (nSPS) is 22.6. The molecule has 2 atom stereocenters. The van der Waals surface area contributed by atoms with Crippen LogP contribution in [0.25, 0.3) is 0 Å². The zero-order chi connectivity index (χ0) is 14.9. The van der Waals surface area contributed by atoms with Crippen molar-refractivity contribution < 1.29 is 14.7 Å². The van der Waals surface area contributed by atoms with Gasteiger partial charge in [0.25, 0.3) is 5.91 Å². The first-order valence-corrected chi connectivity index (χ1v) is 7.51. The number of hydrogen-bond donors (Lipinski definition) is 1. The van der Waals surface area contributed by atoms with Crippen LogP contribution in [0.3, 0.4) is 0 Å². The van der Waals surface area contributed by atoms with Gasteiger partial charge in [0.05, 0.1) is 11.5 Å². The van der Waals surface area contributed by atoms with E-state index >= 15 is 0 Å². The number of halogens is 1. The van der Waals surface area contributed by atoms with Crippen molar-refractivity contribution in [2.45, 2.75) is 32.7 Å². The third kappa shape index (κ3) is 2.87. The highest BCUT2D eigenvalue weighted by Gasteiger charge is 2.35. The highest BCUT2D eigenvalue weighted by atomic mass is 79.9. The van der Waals surface area contributed by atoms with Crippen LogP contribution in [-0.4, -0.2) is 34.5 Å². The molecule has 1 aliphatic rings. The molecule has 5 heteroatoms. The van der Waals surface area contributed by atoms with Crippen LogP contribution in [0, 0.1) is 12.8 Å². The number of likely N-dealkylation sites (tertiary alicyclic amines) is 1. The van der Waals surface area contributed by atoms with Crippen molar-refractivity contribution in [1.29, 1.82) is 0 Å². The van der Waals surface area contributed by atoms with E-state index in [1.807, 2.05) is 26.0 Å². The molecule has 0 aromatic heterocycles. The van der Waals surface area contributed by atoms with E-state index in [2.05, 4.69) is 15.9 Å². The lowest BCUT2D eigenvalue weighted by Gasteiger charge is -2.37. The predicted octanol–water partition coefficient (Wildman–Crippen LogP) is 3.08. The molecule has 1 aromatic carbocycles. The summed E-state index contributed by atoms with van der Waals surface area (Å²) in [6.07, 6.45) is 1.37. The van der Waals surface area contributed by atoms with E-state index in [1.54, 1.807) is 11.0 Å². The maximum atomic E-state index is 12.6. The Bertz CT molecular complexity index is 544. The summed E-state index contributed by atoms with van der Waals surface area (Å²) >= 11 is 3.41. The van der Waals surface area contributed by atoms with Crippen LogP contribution in [0.5, 0.6) is 0 Å². The van der Waals surface area contributed by atoms with Gasteiger partial charge in [-0.2, -0.15) is 0 Å². The minimum absolute atomic E-state index is 0.102. The third-order valence-corrected chi connectivity index (χ3v) is 4.58. The molecule has 1 amide bonds. The number of carboxylic acid groups (broad SMARTS) is 1. The molecule has 2 rings (SSSR count). The Morgan fingerprint density at radius 1 is 1.40 bits per heavy atom. The van der Waals surface area contributed by atoms with E-state index in [0.717, 1.165) is 16.5 Å². The smallest absolute Gasteiger partial charge is 0.308 e. The van der Waals surface area contributed by atoms with E-state index < -0.39 is 11.9 Å². The van der Waals surface area contributed by atoms with Gasteiger partial charge in [0.2, 0.25) is 0 Å². The zero-order valence-corrected chi connectivity index (χ0v) is 13.2. The van der Waals surface area contributed by atoms with Crippen molar-refractivity contribution in [2.24, 2.45) is 5.92 Å². The molecule has 1 N–H and O–H groups in total. The van der Waals surface area contributed by atoms with Crippen LogP contribution in [0.2, 0.25) is 0 Å². The lowest BCUT2D eigenvalue weighted by Crippen LogP contribution is -2.49. The summed E-state index contributed by atoms with van der Waals surface area (Å²) < 4.78 is 0.757. The number of hydrogen-bond acceptors (Lipinski definition) is 2. The second-order valence-electron chi connectivity index (χ2n) is 5.31. The van der Waals surface area contributed by atoms with Crippen molar-refractivity contribution in [3.63, 3.8) is 0 Å². The second-order valence-corrected chi connectivity index (χ2v) is 6.16. The maximum absolute atomic E-state index is 12.6. The van der Waals surface area contributed by atoms with Crippen LogP contribution in [-0.2, 0) is 4.79 Å². The lowest BCUT2D eigenvalue weighted by atomic mass is 9.90. The highest BCUT2D eigenvalue weighted by molar-refractivity contribution is 9.10. The molecule has 20 heavy (non-hydrogen) atoms. The average Bonchev–Trinajstić information content (AvgIpc) is 2.38. The summed E-state index contributed by atoms with van der Waals surface area (Å²) in [4.78, 5) is 25.5. The van der Waals surface area contributed by atoms with Crippen LogP contribution >= 0.6 is 15.9 Å². The molecule has 0 saturated carbocycles. The predicted molar refractivity (Wildman–Crippen MR) is 79.7 cm³/mol. The SMILES string of the molecule is Cc1ccc(C(=O)N2CCC[C@@H](C(=O)O)[C@H]2C)c(Br)c1. The van der Waals surface area contributed by atoms with E-state index in [-0.39, 0.29) is 11.9 Å². The topological polar surface area (TPSA) is 57.6 Å². The van der Waals surface area contributed by atoms with Gasteiger partial charge in [-0.05, 0) is 60.3 Å². The molecular weight excluding hydrogens is 322 g/mol. The Morgan fingerprint density at radius 2 is 2.10 bits per heavy atom. The number of carbonyl (C=O) groups is 2. The molecule has 1 aromatic rings. The quantitative estimate of drug-likeness (QED) is 0.900. The Hall–Kier alpha value is -1.36. The van der Waals surface area contributed by atoms with E-state index in [9.17, 15) is 14.7 Å². The van der Waals surface area contributed by atoms with E-state index in [1.165, 1.54) is 0 Å². The molecule has 0 unspecified atom stereocenters. The van der Waals surface area contributed by atoms with Gasteiger partial charge in [-0.15, -0.1) is 0 Å². The highest BCUT2D eigenvalue weighted by Crippen LogP contribution is 2.27. The molecule has 1 fully saturated rings. The number of benzene rings is 1. The van der Waals surface area contributed by atoms with Gasteiger partial charge in [-0.1, -0.05) is 6.07 Å². The first-order chi connectivity index (χ1) is 9.41. The first-order valence-electron chi connectivity index (χ1n) is 6.71. The van der Waals surface area contributed by atoms with Crippen LogP contribution in [0.15, 0.2) is 22.7 Å². The van der Waals surface area contributed by atoms with Gasteiger partial charge in [0.1, 0.15) is 0 Å². The van der Waals surface area contributed by atoms with Gasteiger partial charge in [0, 0.05) is 17.1 Å². The van der Waals surface area contributed by atoms with Crippen molar-refractivity contribution in [1.82, 2.24) is 4.90 Å². The fourth-order valence-electron chi connectivity index (χ4n) is 2.71. The molecule has 0 bridgehead atoms. The number of aryl methyl sites for hydroxylation is 1. The van der Waals surface area contributed by atoms with Crippen molar-refractivity contribution in [2.75, 3.05) is 6.54 Å². The van der Waals surface area contributed by atoms with Gasteiger partial charge >= 0.3 is 5.97 Å². The minimum Gasteiger partial charge on any atom is -0.481 e. The molecule has 1 aliphatic heterocycles. The molecule has 0 radical (unpaired) electrons. The summed E-state index contributed by atoms with van der Waals surface area (Å²) in [6.45, 7) is 4.39. The van der Waals surface area contributed by atoms with Gasteiger partial charge in [-0.25, -0.2) is 0 Å². The molecule has 4 nitrogen and oxygen atoms in total. The minimum atomic E-state index is -0.821. The Balaban J connectivity index is 2.26. The molecule has 0 aliphatic carbocycles. The maximum Gasteiger partial charge on any atom is 0.308 e. The zero-order valence-electron chi connectivity index (χ0n) is 11.6. The van der Waals surface area contributed by atoms with Gasteiger partial charge in [-0.3, -0.25) is 9.59 Å². The summed E-state index contributed by atoms with van der Waals surface area (Å²) in [5.41, 5.74) is 1.66. The van der Waals surface area contributed by atoms with Gasteiger partial charge in [0.15, 0.2) is 0 Å². The Kier molecular flexibility index (Phi) is 4.48. The first kappa shape index (κ1) is 15.0. The largest absolute Gasteiger partial charge is 0.481 e. The number of aliphatic carboxylic acids is 1. The summed E-state index contributed by atoms with van der Waals surface area (Å²) in [6, 6.07) is 5.30. The number of piperidine rings is 1. The second kappa shape index (κ2) is 5.95. The van der Waals surface area contributed by atoms with Crippen molar-refractivity contribution >= 4 is 27.8 Å². The summed E-state index contributed by atoms with van der Waals surface area (Å²) in [5, 5.41) is 9.22. The number of rotatable bonds is 2. The molecule has 108 valence electrons. The van der Waals surface area contributed by atoms with Crippen molar-refractivity contribution in [3.8, 4) is 0 Å². The average molecular weight is 340 g/mol. The number of carbonyl (C=O) groups excluding carboxylic acids is 1. The monoisotopic (exact) mass is 339 g/mol. The van der Waals surface area contributed by atoms with Crippen LogP contribution < -0.4 is 0 Å². The molecule has 1 saturated heterocycles. The molecule has 0 spiro atoms. The standard InChI is InChI=1S/C15H18BrNO3/c1-9-5-6-12(13(16)8-9)14(18)17-7-3-4-11(10(17)2)15(19)20/h5-6,8,10-11H,3-4,7H2,1-2H3,(H,19,20)/t10-,11-/m1/s1. The Labute approximate surface area is 126 Å². The lowest BCUT2D eigenvalue weighted by molar-refractivity contribution is -0.144. The van der Waals surface area contributed by atoms with Crippen molar-refractivity contribution in [3.05, 3.63) is 33.8 Å². The van der Waals surface area contributed by atoms with E-state index in [4.69, 9.17) is 0 Å².